The van der Waals surface area contributed by atoms with Crippen LogP contribution in [0.3, 0.4) is 0 Å². The Bertz CT molecular complexity index is 485. The number of methoxy groups -OCH3 is 1. The SMILES string of the molecule is COc1cc(-c2noc(CCCN)n2)ncn1. The molecule has 7 nitrogen and oxygen atoms in total. The van der Waals surface area contributed by atoms with Gasteiger partial charge < -0.3 is 15.0 Å². The Balaban J connectivity index is 2.18. The molecule has 2 N–H and O–H groups in total. The largest absolute Gasteiger partial charge is 0.481 e. The summed E-state index contributed by atoms with van der Waals surface area (Å²) in [7, 11) is 1.54. The van der Waals surface area contributed by atoms with Crippen molar-refractivity contribution in [1.82, 2.24) is 20.1 Å². The molecule has 0 aliphatic heterocycles. The molecule has 0 saturated carbocycles. The molecule has 0 saturated heterocycles. The van der Waals surface area contributed by atoms with Crippen molar-refractivity contribution in [1.29, 1.82) is 0 Å². The van der Waals surface area contributed by atoms with Crippen molar-refractivity contribution in [3.05, 3.63) is 18.3 Å². The Morgan fingerprint density at radius 1 is 1.41 bits per heavy atom. The maximum atomic E-state index is 5.41. The van der Waals surface area contributed by atoms with Gasteiger partial charge in [0.2, 0.25) is 17.6 Å². The Kier molecular flexibility index (Phi) is 3.61. The van der Waals surface area contributed by atoms with Gasteiger partial charge in [-0.3, -0.25) is 0 Å². The third kappa shape index (κ3) is 2.76. The van der Waals surface area contributed by atoms with Crippen LogP contribution in [0.25, 0.3) is 11.5 Å². The third-order valence-corrected chi connectivity index (χ3v) is 2.14. The molecule has 2 heterocycles. The first kappa shape index (κ1) is 11.5. The highest BCUT2D eigenvalue weighted by atomic mass is 16.5. The Hall–Kier alpha value is -2.02. The van der Waals surface area contributed by atoms with E-state index in [0.717, 1.165) is 6.42 Å². The lowest BCUT2D eigenvalue weighted by molar-refractivity contribution is 0.376. The number of aryl methyl sites for hydroxylation is 1. The molecular formula is C10H13N5O2. The fourth-order valence-electron chi connectivity index (χ4n) is 1.29. The number of nitrogens with zero attached hydrogens (tertiary/aromatic N) is 4. The lowest BCUT2D eigenvalue weighted by Crippen LogP contribution is -2.00. The van der Waals surface area contributed by atoms with Crippen LogP contribution in [0.5, 0.6) is 5.88 Å². The fourth-order valence-corrected chi connectivity index (χ4v) is 1.29. The smallest absolute Gasteiger partial charge is 0.227 e. The van der Waals surface area contributed by atoms with E-state index < -0.39 is 0 Å². The van der Waals surface area contributed by atoms with Crippen molar-refractivity contribution in [2.24, 2.45) is 5.73 Å². The van der Waals surface area contributed by atoms with Gasteiger partial charge in [-0.2, -0.15) is 4.98 Å². The predicted octanol–water partition coefficient (Wildman–Crippen LogP) is 0.426. The van der Waals surface area contributed by atoms with E-state index in [4.69, 9.17) is 15.0 Å². The van der Waals surface area contributed by atoms with Gasteiger partial charge in [0.1, 0.15) is 12.0 Å². The molecule has 2 aromatic rings. The molecule has 0 bridgehead atoms. The van der Waals surface area contributed by atoms with Gasteiger partial charge in [-0.1, -0.05) is 5.16 Å². The van der Waals surface area contributed by atoms with E-state index in [2.05, 4.69) is 20.1 Å². The standard InChI is InChI=1S/C10H13N5O2/c1-16-9-5-7(12-6-13-9)10-14-8(17-15-10)3-2-4-11/h5-6H,2-4,11H2,1H3. The van der Waals surface area contributed by atoms with Crippen molar-refractivity contribution in [2.45, 2.75) is 12.8 Å². The fraction of sp³-hybridized carbons (Fsp3) is 0.400. The van der Waals surface area contributed by atoms with Crippen LogP contribution in [-0.2, 0) is 6.42 Å². The molecule has 2 aromatic heterocycles. The maximum absolute atomic E-state index is 5.41. The summed E-state index contributed by atoms with van der Waals surface area (Å²) in [5, 5.41) is 3.84. The molecule has 0 amide bonds. The highest BCUT2D eigenvalue weighted by Gasteiger charge is 2.10. The summed E-state index contributed by atoms with van der Waals surface area (Å²) in [4.78, 5) is 12.2. The minimum Gasteiger partial charge on any atom is -0.481 e. The maximum Gasteiger partial charge on any atom is 0.227 e. The van der Waals surface area contributed by atoms with Crippen LogP contribution >= 0.6 is 0 Å². The van der Waals surface area contributed by atoms with Crippen LogP contribution in [0.15, 0.2) is 16.9 Å². The molecule has 2 rings (SSSR count). The predicted molar refractivity (Wildman–Crippen MR) is 59.3 cm³/mol. The summed E-state index contributed by atoms with van der Waals surface area (Å²) in [5.41, 5.74) is 5.97. The van der Waals surface area contributed by atoms with Crippen molar-refractivity contribution in [3.63, 3.8) is 0 Å². The van der Waals surface area contributed by atoms with Gasteiger partial charge in [0.15, 0.2) is 0 Å². The first-order valence-corrected chi connectivity index (χ1v) is 5.22. The molecule has 0 unspecified atom stereocenters. The molecule has 17 heavy (non-hydrogen) atoms. The normalized spacial score (nSPS) is 10.5. The van der Waals surface area contributed by atoms with Gasteiger partial charge in [0.05, 0.1) is 7.11 Å². The molecule has 0 fully saturated rings. The summed E-state index contributed by atoms with van der Waals surface area (Å²) in [6.07, 6.45) is 2.88. The lowest BCUT2D eigenvalue weighted by atomic mass is 10.3. The zero-order chi connectivity index (χ0) is 12.1. The summed E-state index contributed by atoms with van der Waals surface area (Å²) in [5.74, 6) is 1.45. The number of ether oxygens (including phenoxy) is 1. The minimum atomic E-state index is 0.428. The molecule has 0 aliphatic rings. The van der Waals surface area contributed by atoms with E-state index in [9.17, 15) is 0 Å². The van der Waals surface area contributed by atoms with E-state index >= 15 is 0 Å². The summed E-state index contributed by atoms with van der Waals surface area (Å²) >= 11 is 0. The second-order valence-corrected chi connectivity index (χ2v) is 3.35. The van der Waals surface area contributed by atoms with E-state index in [-0.39, 0.29) is 0 Å². The molecule has 0 aromatic carbocycles. The third-order valence-electron chi connectivity index (χ3n) is 2.14. The van der Waals surface area contributed by atoms with Gasteiger partial charge in [-0.15, -0.1) is 0 Å². The van der Waals surface area contributed by atoms with Crippen LogP contribution in [0.4, 0.5) is 0 Å². The first-order valence-electron chi connectivity index (χ1n) is 5.22. The molecular weight excluding hydrogens is 222 g/mol. The number of rotatable bonds is 5. The monoisotopic (exact) mass is 235 g/mol. The van der Waals surface area contributed by atoms with E-state index in [1.807, 2.05) is 0 Å². The average Bonchev–Trinajstić information content (AvgIpc) is 2.85. The van der Waals surface area contributed by atoms with Gasteiger partial charge in [0, 0.05) is 12.5 Å². The van der Waals surface area contributed by atoms with Crippen LogP contribution in [0.1, 0.15) is 12.3 Å². The summed E-state index contributed by atoms with van der Waals surface area (Å²) in [6.45, 7) is 0.596. The minimum absolute atomic E-state index is 0.428. The van der Waals surface area contributed by atoms with E-state index in [0.29, 0.717) is 36.3 Å². The quantitative estimate of drug-likeness (QED) is 0.801. The van der Waals surface area contributed by atoms with Gasteiger partial charge in [0.25, 0.3) is 0 Å². The second kappa shape index (κ2) is 5.35. The van der Waals surface area contributed by atoms with Crippen molar-refractivity contribution in [2.75, 3.05) is 13.7 Å². The number of nitrogens with two attached hydrogens (primary N) is 1. The lowest BCUT2D eigenvalue weighted by Gasteiger charge is -1.97. The Labute approximate surface area is 98.0 Å². The Morgan fingerprint density at radius 2 is 2.29 bits per heavy atom. The van der Waals surface area contributed by atoms with Crippen LogP contribution in [0, 0.1) is 0 Å². The topological polar surface area (TPSA) is 100.0 Å². The molecule has 0 radical (unpaired) electrons. The molecule has 90 valence electrons. The number of aromatic nitrogens is 4. The highest BCUT2D eigenvalue weighted by Crippen LogP contribution is 2.16. The van der Waals surface area contributed by atoms with Crippen molar-refractivity contribution < 1.29 is 9.26 Å². The summed E-state index contributed by atoms with van der Waals surface area (Å²) in [6, 6.07) is 1.65. The zero-order valence-electron chi connectivity index (χ0n) is 9.46. The number of hydrogen-bond acceptors (Lipinski definition) is 7. The van der Waals surface area contributed by atoms with E-state index in [1.54, 1.807) is 6.07 Å². The summed E-state index contributed by atoms with van der Waals surface area (Å²) < 4.78 is 10.1. The van der Waals surface area contributed by atoms with Crippen LogP contribution in [0.2, 0.25) is 0 Å². The van der Waals surface area contributed by atoms with Crippen LogP contribution < -0.4 is 10.5 Å². The molecule has 7 heteroatoms. The second-order valence-electron chi connectivity index (χ2n) is 3.35. The first-order chi connectivity index (χ1) is 8.33. The zero-order valence-corrected chi connectivity index (χ0v) is 9.46. The molecule has 0 atom stereocenters. The van der Waals surface area contributed by atoms with Crippen molar-refractivity contribution in [3.8, 4) is 17.4 Å². The Morgan fingerprint density at radius 3 is 3.06 bits per heavy atom. The van der Waals surface area contributed by atoms with Gasteiger partial charge in [-0.05, 0) is 13.0 Å². The molecule has 0 spiro atoms. The number of hydrogen-bond donors (Lipinski definition) is 1. The highest BCUT2D eigenvalue weighted by molar-refractivity contribution is 5.48. The molecule has 0 aliphatic carbocycles. The van der Waals surface area contributed by atoms with Gasteiger partial charge in [-0.25, -0.2) is 9.97 Å². The van der Waals surface area contributed by atoms with Crippen LogP contribution in [-0.4, -0.2) is 33.8 Å². The van der Waals surface area contributed by atoms with Gasteiger partial charge >= 0.3 is 0 Å². The average molecular weight is 235 g/mol. The van der Waals surface area contributed by atoms with Crippen molar-refractivity contribution >= 4 is 0 Å². The van der Waals surface area contributed by atoms with E-state index in [1.165, 1.54) is 13.4 Å².